The first-order chi connectivity index (χ1) is 14.2. The van der Waals surface area contributed by atoms with Crippen LogP contribution >= 0.6 is 0 Å². The van der Waals surface area contributed by atoms with Gasteiger partial charge in [-0.25, -0.2) is 17.6 Å². The molecule has 0 atom stereocenters. The number of nitrogens with zero attached hydrogens (tertiary/aromatic N) is 2. The molecule has 1 fully saturated rings. The summed E-state index contributed by atoms with van der Waals surface area (Å²) in [6, 6.07) is 5.22. The number of piperazine rings is 1. The number of aromatic nitrogens is 1. The Morgan fingerprint density at radius 1 is 1.13 bits per heavy atom. The van der Waals surface area contributed by atoms with E-state index in [4.69, 9.17) is 4.74 Å². The van der Waals surface area contributed by atoms with Gasteiger partial charge in [-0.05, 0) is 38.5 Å². The molecule has 1 aromatic heterocycles. The van der Waals surface area contributed by atoms with E-state index in [2.05, 4.69) is 4.98 Å². The smallest absolute Gasteiger partial charge is 0.355 e. The fourth-order valence-corrected chi connectivity index (χ4v) is 5.05. The molecule has 0 radical (unpaired) electrons. The van der Waals surface area contributed by atoms with E-state index >= 15 is 0 Å². The average Bonchev–Trinajstić information content (AvgIpc) is 3.02. The van der Waals surface area contributed by atoms with Gasteiger partial charge >= 0.3 is 5.97 Å². The minimum atomic E-state index is -3.98. The number of aromatic amines is 1. The molecule has 1 aromatic carbocycles. The number of benzene rings is 1. The molecule has 2 aromatic rings. The third kappa shape index (κ3) is 3.97. The van der Waals surface area contributed by atoms with Crippen molar-refractivity contribution < 1.29 is 27.1 Å². The number of ether oxygens (including phenoxy) is 1. The summed E-state index contributed by atoms with van der Waals surface area (Å²) in [7, 11) is -3.98. The molecule has 0 bridgehead atoms. The Morgan fingerprint density at radius 3 is 2.37 bits per heavy atom. The Hall–Kier alpha value is -2.72. The molecule has 0 unspecified atom stereocenters. The van der Waals surface area contributed by atoms with E-state index in [-0.39, 0.29) is 49.3 Å². The lowest BCUT2D eigenvalue weighted by Gasteiger charge is -2.34. The zero-order valence-electron chi connectivity index (χ0n) is 17.1. The summed E-state index contributed by atoms with van der Waals surface area (Å²) >= 11 is 0. The molecule has 1 aliphatic heterocycles. The number of amides is 1. The number of carbonyl (C=O) groups excluding carboxylic acids is 2. The van der Waals surface area contributed by atoms with Gasteiger partial charge in [0, 0.05) is 31.9 Å². The van der Waals surface area contributed by atoms with Crippen molar-refractivity contribution in [3.8, 4) is 0 Å². The van der Waals surface area contributed by atoms with Gasteiger partial charge in [0.2, 0.25) is 10.0 Å². The molecule has 2 heterocycles. The molecule has 10 heteroatoms. The number of esters is 1. The molecule has 1 aliphatic rings. The zero-order valence-corrected chi connectivity index (χ0v) is 17.9. The predicted octanol–water partition coefficient (Wildman–Crippen LogP) is 2.09. The number of hydrogen-bond donors (Lipinski definition) is 1. The van der Waals surface area contributed by atoms with Crippen LogP contribution in [-0.4, -0.2) is 67.3 Å². The van der Waals surface area contributed by atoms with Gasteiger partial charge in [-0.3, -0.25) is 4.79 Å². The maximum absolute atomic E-state index is 14.0. The number of nitrogens with one attached hydrogen (secondary N) is 1. The maximum atomic E-state index is 14.0. The Bertz CT molecular complexity index is 1070. The number of rotatable bonds is 5. The van der Waals surface area contributed by atoms with Crippen LogP contribution in [0.15, 0.2) is 29.2 Å². The van der Waals surface area contributed by atoms with E-state index in [9.17, 15) is 22.4 Å². The van der Waals surface area contributed by atoms with Crippen molar-refractivity contribution in [3.05, 3.63) is 52.6 Å². The van der Waals surface area contributed by atoms with Crippen molar-refractivity contribution in [2.45, 2.75) is 25.7 Å². The summed E-state index contributed by atoms with van der Waals surface area (Å²) in [6.45, 7) is 5.70. The first-order valence-electron chi connectivity index (χ1n) is 9.58. The highest BCUT2D eigenvalue weighted by molar-refractivity contribution is 7.89. The zero-order chi connectivity index (χ0) is 22.1. The summed E-state index contributed by atoms with van der Waals surface area (Å²) in [5, 5.41) is 0. The Balaban J connectivity index is 1.75. The van der Waals surface area contributed by atoms with Crippen LogP contribution in [0.2, 0.25) is 0 Å². The second-order valence-corrected chi connectivity index (χ2v) is 8.88. The van der Waals surface area contributed by atoms with Crippen LogP contribution in [0.3, 0.4) is 0 Å². The van der Waals surface area contributed by atoms with Gasteiger partial charge in [0.05, 0.1) is 12.2 Å². The minimum absolute atomic E-state index is 0.0512. The van der Waals surface area contributed by atoms with Gasteiger partial charge in [0.1, 0.15) is 16.4 Å². The summed E-state index contributed by atoms with van der Waals surface area (Å²) in [5.41, 5.74) is 1.65. The third-order valence-electron chi connectivity index (χ3n) is 5.11. The Morgan fingerprint density at radius 2 is 1.77 bits per heavy atom. The van der Waals surface area contributed by atoms with Crippen LogP contribution < -0.4 is 0 Å². The van der Waals surface area contributed by atoms with Crippen LogP contribution in [-0.2, 0) is 14.8 Å². The number of aryl methyl sites for hydroxylation is 1. The monoisotopic (exact) mass is 437 g/mol. The number of H-pyrrole nitrogens is 1. The molecule has 0 aliphatic carbocycles. The first kappa shape index (κ1) is 22.0. The van der Waals surface area contributed by atoms with Gasteiger partial charge in [-0.1, -0.05) is 12.1 Å². The standard InChI is InChI=1S/C20H24FN3O5S/c1-4-29-20(26)18-13(2)17(14(3)22-18)19(25)23-9-11-24(12-10-23)30(27,28)16-8-6-5-7-15(16)21/h5-8,22H,4,9-12H2,1-3H3. The maximum Gasteiger partial charge on any atom is 0.355 e. The van der Waals surface area contributed by atoms with Crippen LogP contribution in [0.1, 0.15) is 39.0 Å². The third-order valence-corrected chi connectivity index (χ3v) is 7.04. The molecule has 3 rings (SSSR count). The SMILES string of the molecule is CCOC(=O)c1[nH]c(C)c(C(=O)N2CCN(S(=O)(=O)c3ccccc3F)CC2)c1C. The van der Waals surface area contributed by atoms with Gasteiger partial charge in [0.15, 0.2) is 0 Å². The molecule has 1 saturated heterocycles. The number of halogens is 1. The van der Waals surface area contributed by atoms with Gasteiger partial charge in [0.25, 0.3) is 5.91 Å². The van der Waals surface area contributed by atoms with E-state index in [0.717, 1.165) is 6.07 Å². The number of sulfonamides is 1. The van der Waals surface area contributed by atoms with Crippen molar-refractivity contribution in [3.63, 3.8) is 0 Å². The summed E-state index contributed by atoms with van der Waals surface area (Å²) in [4.78, 5) is 29.2. The first-order valence-corrected chi connectivity index (χ1v) is 11.0. The normalized spacial score (nSPS) is 15.3. The molecule has 0 spiro atoms. The lowest BCUT2D eigenvalue weighted by molar-refractivity contribution is 0.0519. The van der Waals surface area contributed by atoms with Crippen LogP contribution in [0.5, 0.6) is 0 Å². The topological polar surface area (TPSA) is 99.8 Å². The lowest BCUT2D eigenvalue weighted by Crippen LogP contribution is -2.50. The van der Waals surface area contributed by atoms with E-state index in [1.165, 1.54) is 27.4 Å². The molecule has 1 N–H and O–H groups in total. The van der Waals surface area contributed by atoms with E-state index in [1.54, 1.807) is 20.8 Å². The van der Waals surface area contributed by atoms with Crippen LogP contribution in [0.25, 0.3) is 0 Å². The van der Waals surface area contributed by atoms with Crippen molar-refractivity contribution >= 4 is 21.9 Å². The van der Waals surface area contributed by atoms with Gasteiger partial charge in [-0.15, -0.1) is 0 Å². The second kappa shape index (κ2) is 8.57. The fourth-order valence-electron chi connectivity index (χ4n) is 3.56. The number of hydrogen-bond acceptors (Lipinski definition) is 5. The van der Waals surface area contributed by atoms with E-state index < -0.39 is 21.8 Å². The lowest BCUT2D eigenvalue weighted by atomic mass is 10.1. The minimum Gasteiger partial charge on any atom is -0.461 e. The molecular weight excluding hydrogens is 413 g/mol. The van der Waals surface area contributed by atoms with Gasteiger partial charge < -0.3 is 14.6 Å². The number of carbonyl (C=O) groups is 2. The highest BCUT2D eigenvalue weighted by atomic mass is 32.2. The van der Waals surface area contributed by atoms with Gasteiger partial charge in [-0.2, -0.15) is 4.31 Å². The summed E-state index contributed by atoms with van der Waals surface area (Å²) in [6.07, 6.45) is 0. The van der Waals surface area contributed by atoms with Crippen molar-refractivity contribution in [2.24, 2.45) is 0 Å². The molecule has 162 valence electrons. The van der Waals surface area contributed by atoms with E-state index in [1.807, 2.05) is 0 Å². The van der Waals surface area contributed by atoms with Crippen molar-refractivity contribution in [2.75, 3.05) is 32.8 Å². The molecule has 8 nitrogen and oxygen atoms in total. The molecule has 1 amide bonds. The highest BCUT2D eigenvalue weighted by Gasteiger charge is 2.33. The average molecular weight is 437 g/mol. The summed E-state index contributed by atoms with van der Waals surface area (Å²) < 4.78 is 45.6. The predicted molar refractivity (Wildman–Crippen MR) is 107 cm³/mol. The highest BCUT2D eigenvalue weighted by Crippen LogP contribution is 2.24. The largest absolute Gasteiger partial charge is 0.461 e. The van der Waals surface area contributed by atoms with Crippen LogP contribution in [0, 0.1) is 19.7 Å². The Labute approximate surface area is 174 Å². The quantitative estimate of drug-likeness (QED) is 0.722. The molecule has 0 saturated carbocycles. The van der Waals surface area contributed by atoms with Crippen molar-refractivity contribution in [1.29, 1.82) is 0 Å². The summed E-state index contributed by atoms with van der Waals surface area (Å²) in [5.74, 6) is -1.63. The fraction of sp³-hybridized carbons (Fsp3) is 0.400. The van der Waals surface area contributed by atoms with E-state index in [0.29, 0.717) is 16.8 Å². The molecular formula is C20H24FN3O5S. The second-order valence-electron chi connectivity index (χ2n) is 6.97. The van der Waals surface area contributed by atoms with Crippen LogP contribution in [0.4, 0.5) is 4.39 Å². The Kier molecular flexibility index (Phi) is 6.27. The molecule has 30 heavy (non-hydrogen) atoms. The van der Waals surface area contributed by atoms with Crippen molar-refractivity contribution in [1.82, 2.24) is 14.2 Å².